The van der Waals surface area contributed by atoms with Crippen molar-refractivity contribution in [2.45, 2.75) is 76.5 Å². The van der Waals surface area contributed by atoms with Gasteiger partial charge in [-0.05, 0) is 26.8 Å². The number of aliphatic hydroxyl groups is 1. The zero-order valence-corrected chi connectivity index (χ0v) is 24.2. The summed E-state index contributed by atoms with van der Waals surface area (Å²) in [5, 5.41) is 22.7. The Balaban J connectivity index is 1.86. The third-order valence-electron chi connectivity index (χ3n) is 7.30. The highest BCUT2D eigenvalue weighted by Gasteiger charge is 2.71. The molecule has 2 aromatic heterocycles. The molecule has 1 atom stereocenters. The molecule has 0 amide bonds. The lowest BCUT2D eigenvalue weighted by molar-refractivity contribution is -0.376. The van der Waals surface area contributed by atoms with Gasteiger partial charge >= 0.3 is 18.3 Å². The van der Waals surface area contributed by atoms with Crippen molar-refractivity contribution in [1.82, 2.24) is 20.0 Å². The van der Waals surface area contributed by atoms with Crippen molar-refractivity contribution in [3.8, 4) is 21.3 Å². The Kier molecular flexibility index (Phi) is 8.82. The van der Waals surface area contributed by atoms with E-state index in [1.54, 1.807) is 0 Å². The molecule has 0 spiro atoms. The number of likely N-dealkylation sites (tertiary alicyclic amines) is 1. The van der Waals surface area contributed by atoms with E-state index < -0.39 is 83.9 Å². The molecule has 248 valence electrons. The van der Waals surface area contributed by atoms with Crippen molar-refractivity contribution >= 4 is 17.3 Å². The van der Waals surface area contributed by atoms with Crippen LogP contribution < -0.4 is 0 Å². The standard InChI is InChI=1S/C26H24F10N4O4S/c1-11-7-23(29,30)10-40(11)9-15-17(45-20(37-15)19-38-16(44-39-19)8-22(2,3)21(41)42)13-5-4-12(6-14(13)18(27)28)24(43,25(31,32)33)26(34,35)36/h4-6,11,18,43H,7-10H2,1-3H3,(H,41,42)/t11-/m0/s1. The van der Waals surface area contributed by atoms with Crippen molar-refractivity contribution in [3.63, 3.8) is 0 Å². The summed E-state index contributed by atoms with van der Waals surface area (Å²) < 4.78 is 143. The van der Waals surface area contributed by atoms with Gasteiger partial charge in [0.1, 0.15) is 0 Å². The van der Waals surface area contributed by atoms with E-state index in [0.717, 1.165) is 0 Å². The van der Waals surface area contributed by atoms with Gasteiger partial charge in [0.15, 0.2) is 5.01 Å². The van der Waals surface area contributed by atoms with Crippen molar-refractivity contribution in [2.24, 2.45) is 5.41 Å². The molecule has 1 saturated heterocycles. The summed E-state index contributed by atoms with van der Waals surface area (Å²) in [5.41, 5.74) is -10.8. The molecule has 2 N–H and O–H groups in total. The van der Waals surface area contributed by atoms with E-state index in [9.17, 15) is 58.9 Å². The summed E-state index contributed by atoms with van der Waals surface area (Å²) in [6.45, 7) is 3.08. The molecular weight excluding hydrogens is 654 g/mol. The predicted octanol–water partition coefficient (Wildman–Crippen LogP) is 6.99. The van der Waals surface area contributed by atoms with Gasteiger partial charge < -0.3 is 14.7 Å². The van der Waals surface area contributed by atoms with Crippen molar-refractivity contribution in [2.75, 3.05) is 6.54 Å². The van der Waals surface area contributed by atoms with Crippen molar-refractivity contribution in [1.29, 1.82) is 0 Å². The van der Waals surface area contributed by atoms with E-state index in [1.165, 1.54) is 25.7 Å². The molecule has 0 unspecified atom stereocenters. The highest BCUT2D eigenvalue weighted by atomic mass is 32.1. The molecule has 4 rings (SSSR count). The largest absolute Gasteiger partial charge is 0.481 e. The number of thiazole rings is 1. The first kappa shape index (κ1) is 34.6. The number of nitrogens with zero attached hydrogens (tertiary/aromatic N) is 4. The number of rotatable bonds is 9. The highest BCUT2D eigenvalue weighted by Crippen LogP contribution is 2.51. The fourth-order valence-corrected chi connectivity index (χ4v) is 5.83. The Hall–Kier alpha value is -3.32. The lowest BCUT2D eigenvalue weighted by Crippen LogP contribution is -2.54. The Morgan fingerprint density at radius 3 is 2.27 bits per heavy atom. The first-order chi connectivity index (χ1) is 20.5. The maximum Gasteiger partial charge on any atom is 0.430 e. The normalized spacial score (nSPS) is 18.2. The Bertz CT molecular complexity index is 1550. The second kappa shape index (κ2) is 11.5. The Morgan fingerprint density at radius 1 is 1.13 bits per heavy atom. The molecule has 1 aliphatic heterocycles. The zero-order chi connectivity index (χ0) is 33.9. The molecule has 1 aliphatic rings. The molecule has 3 aromatic rings. The van der Waals surface area contributed by atoms with E-state index in [-0.39, 0.29) is 45.8 Å². The number of carboxylic acids is 1. The van der Waals surface area contributed by atoms with E-state index in [4.69, 9.17) is 4.52 Å². The first-order valence-corrected chi connectivity index (χ1v) is 13.7. The molecule has 1 aromatic carbocycles. The van der Waals surface area contributed by atoms with E-state index >= 15 is 0 Å². The van der Waals surface area contributed by atoms with Gasteiger partial charge in [0.25, 0.3) is 17.9 Å². The van der Waals surface area contributed by atoms with Crippen LogP contribution in [-0.2, 0) is 23.4 Å². The quantitative estimate of drug-likeness (QED) is 0.233. The second-order valence-corrected chi connectivity index (χ2v) is 12.3. The molecule has 8 nitrogen and oxygen atoms in total. The third kappa shape index (κ3) is 6.65. The minimum Gasteiger partial charge on any atom is -0.481 e. The predicted molar refractivity (Wildman–Crippen MR) is 136 cm³/mol. The minimum absolute atomic E-state index is 0.114. The highest BCUT2D eigenvalue weighted by molar-refractivity contribution is 7.18. The number of hydrogen-bond acceptors (Lipinski definition) is 8. The fourth-order valence-electron chi connectivity index (χ4n) is 4.78. The molecule has 3 heterocycles. The van der Waals surface area contributed by atoms with Crippen LogP contribution in [0.25, 0.3) is 21.3 Å². The average molecular weight is 679 g/mol. The van der Waals surface area contributed by atoms with Crippen LogP contribution in [0.4, 0.5) is 43.9 Å². The van der Waals surface area contributed by atoms with Gasteiger partial charge in [-0.2, -0.15) is 31.3 Å². The fraction of sp³-hybridized carbons (Fsp3) is 0.538. The number of aromatic nitrogens is 3. The maximum atomic E-state index is 14.3. The maximum absolute atomic E-state index is 14.3. The van der Waals surface area contributed by atoms with Crippen molar-refractivity contribution < 1.29 is 63.4 Å². The first-order valence-electron chi connectivity index (χ1n) is 12.9. The summed E-state index contributed by atoms with van der Waals surface area (Å²) in [4.78, 5) is 20.8. The van der Waals surface area contributed by atoms with Crippen LogP contribution in [0.3, 0.4) is 0 Å². The molecule has 0 aliphatic carbocycles. The molecule has 0 bridgehead atoms. The van der Waals surface area contributed by atoms with Crippen LogP contribution in [0.1, 0.15) is 56.3 Å². The molecule has 19 heteroatoms. The molecular formula is C26H24F10N4O4S. The summed E-state index contributed by atoms with van der Waals surface area (Å²) >= 11 is 0.577. The zero-order valence-electron chi connectivity index (χ0n) is 23.4. The van der Waals surface area contributed by atoms with Gasteiger partial charge in [0, 0.05) is 42.1 Å². The van der Waals surface area contributed by atoms with Gasteiger partial charge in [0.05, 0.1) is 22.5 Å². The van der Waals surface area contributed by atoms with Crippen LogP contribution in [0.15, 0.2) is 22.7 Å². The van der Waals surface area contributed by atoms with Crippen LogP contribution in [-0.4, -0.2) is 67.1 Å². The van der Waals surface area contributed by atoms with Crippen LogP contribution in [0, 0.1) is 5.41 Å². The summed E-state index contributed by atoms with van der Waals surface area (Å²) in [5.74, 6) is -4.71. The summed E-state index contributed by atoms with van der Waals surface area (Å²) in [6.07, 6.45) is -17.1. The average Bonchev–Trinajstić information content (AvgIpc) is 3.58. The Morgan fingerprint density at radius 2 is 1.76 bits per heavy atom. The topological polar surface area (TPSA) is 113 Å². The number of carbonyl (C=O) groups is 1. The number of halogens is 10. The van der Waals surface area contributed by atoms with Crippen LogP contribution in [0.5, 0.6) is 0 Å². The van der Waals surface area contributed by atoms with Gasteiger partial charge in [-0.25, -0.2) is 22.5 Å². The number of hydrogen-bond donors (Lipinski definition) is 2. The summed E-state index contributed by atoms with van der Waals surface area (Å²) in [6, 6.07) is -0.118. The monoisotopic (exact) mass is 678 g/mol. The van der Waals surface area contributed by atoms with Crippen LogP contribution >= 0.6 is 11.3 Å². The van der Waals surface area contributed by atoms with E-state index in [1.807, 2.05) is 0 Å². The molecule has 45 heavy (non-hydrogen) atoms. The van der Waals surface area contributed by atoms with Gasteiger partial charge in [-0.15, -0.1) is 11.3 Å². The van der Waals surface area contributed by atoms with E-state index in [2.05, 4.69) is 15.1 Å². The number of alkyl halides is 10. The minimum atomic E-state index is -6.34. The summed E-state index contributed by atoms with van der Waals surface area (Å²) in [7, 11) is 0. The lowest BCUT2D eigenvalue weighted by Gasteiger charge is -2.33. The lowest BCUT2D eigenvalue weighted by atomic mass is 9.89. The molecule has 0 radical (unpaired) electrons. The smallest absolute Gasteiger partial charge is 0.430 e. The Labute approximate surface area is 251 Å². The van der Waals surface area contributed by atoms with Crippen LogP contribution in [0.2, 0.25) is 0 Å². The SMILES string of the molecule is C[C@H]1CC(F)(F)CN1Cc1nc(-c2noc(CC(C)(C)C(=O)O)n2)sc1-c1ccc(C(O)(C(F)(F)F)C(F)(F)F)cc1C(F)F. The van der Waals surface area contributed by atoms with Gasteiger partial charge in [-0.3, -0.25) is 9.69 Å². The second-order valence-electron chi connectivity index (χ2n) is 11.3. The number of aliphatic carboxylic acids is 1. The number of benzene rings is 1. The third-order valence-corrected chi connectivity index (χ3v) is 8.43. The number of carboxylic acid groups (broad SMARTS) is 1. The molecule has 0 saturated carbocycles. The van der Waals surface area contributed by atoms with Crippen molar-refractivity contribution in [3.05, 3.63) is 40.9 Å². The van der Waals surface area contributed by atoms with Gasteiger partial charge in [-0.1, -0.05) is 17.3 Å². The molecule has 1 fully saturated rings. The van der Waals surface area contributed by atoms with E-state index in [0.29, 0.717) is 17.4 Å². The van der Waals surface area contributed by atoms with Gasteiger partial charge in [0.2, 0.25) is 11.7 Å².